The number of thioether (sulfide) groups is 1. The van der Waals surface area contributed by atoms with Crippen LogP contribution in [0.1, 0.15) is 44.6 Å². The maximum absolute atomic E-state index is 12.9. The van der Waals surface area contributed by atoms with Gasteiger partial charge < -0.3 is 24.8 Å². The van der Waals surface area contributed by atoms with E-state index in [1.165, 1.54) is 11.8 Å². The first-order valence-electron chi connectivity index (χ1n) is 13.5. The number of ether oxygens (including phenoxy) is 3. The molecule has 1 aromatic heterocycles. The molecule has 3 aromatic carbocycles. The fraction of sp³-hybridized carbons (Fsp3) is 0.258. The van der Waals surface area contributed by atoms with Crippen LogP contribution in [0.3, 0.4) is 0 Å². The van der Waals surface area contributed by atoms with E-state index in [9.17, 15) is 14.4 Å². The van der Waals surface area contributed by atoms with E-state index in [1.807, 2.05) is 26.0 Å². The van der Waals surface area contributed by atoms with Crippen molar-refractivity contribution in [1.82, 2.24) is 20.1 Å². The van der Waals surface area contributed by atoms with Gasteiger partial charge in [0.25, 0.3) is 5.91 Å². The minimum absolute atomic E-state index is 0.0129. The molecule has 0 atom stereocenters. The Morgan fingerprint density at radius 3 is 2.30 bits per heavy atom. The largest absolute Gasteiger partial charge is 0.497 e. The van der Waals surface area contributed by atoms with Crippen molar-refractivity contribution in [3.8, 4) is 17.2 Å². The smallest absolute Gasteiger partial charge is 0.338 e. The van der Waals surface area contributed by atoms with Crippen molar-refractivity contribution in [2.24, 2.45) is 0 Å². The number of rotatable bonds is 12. The Morgan fingerprint density at radius 1 is 0.884 bits per heavy atom. The number of aryl methyl sites for hydroxylation is 2. The van der Waals surface area contributed by atoms with Crippen LogP contribution in [0.5, 0.6) is 11.5 Å². The molecule has 0 radical (unpaired) electrons. The van der Waals surface area contributed by atoms with Crippen molar-refractivity contribution in [3.05, 3.63) is 88.7 Å². The van der Waals surface area contributed by atoms with Crippen LogP contribution in [0.4, 0.5) is 5.69 Å². The second-order valence-electron chi connectivity index (χ2n) is 9.39. The number of aromatic nitrogens is 3. The molecule has 0 saturated heterocycles. The maximum Gasteiger partial charge on any atom is 0.338 e. The predicted octanol–water partition coefficient (Wildman–Crippen LogP) is 4.74. The third kappa shape index (κ3) is 7.72. The number of carbonyl (C=O) groups excluding carboxylic acids is 3. The number of esters is 1. The Labute approximate surface area is 253 Å². The summed E-state index contributed by atoms with van der Waals surface area (Å²) in [6, 6.07) is 17.3. The van der Waals surface area contributed by atoms with Crippen LogP contribution in [0.25, 0.3) is 5.69 Å². The zero-order valence-corrected chi connectivity index (χ0v) is 25.4. The molecule has 12 heteroatoms. The van der Waals surface area contributed by atoms with Gasteiger partial charge in [-0.25, -0.2) is 4.79 Å². The highest BCUT2D eigenvalue weighted by atomic mass is 32.2. The first kappa shape index (κ1) is 31.1. The van der Waals surface area contributed by atoms with E-state index < -0.39 is 5.97 Å². The van der Waals surface area contributed by atoms with Gasteiger partial charge in [0.1, 0.15) is 11.5 Å². The Kier molecular flexibility index (Phi) is 10.4. The molecule has 2 N–H and O–H groups in total. The van der Waals surface area contributed by atoms with Gasteiger partial charge in [-0.3, -0.25) is 14.2 Å². The number of hydrogen-bond acceptors (Lipinski definition) is 9. The van der Waals surface area contributed by atoms with Crippen LogP contribution >= 0.6 is 11.8 Å². The molecule has 0 spiro atoms. The highest BCUT2D eigenvalue weighted by Gasteiger charge is 2.21. The van der Waals surface area contributed by atoms with E-state index in [-0.39, 0.29) is 30.7 Å². The van der Waals surface area contributed by atoms with Crippen LogP contribution in [-0.4, -0.2) is 59.1 Å². The van der Waals surface area contributed by atoms with E-state index >= 15 is 0 Å². The van der Waals surface area contributed by atoms with Gasteiger partial charge >= 0.3 is 5.97 Å². The van der Waals surface area contributed by atoms with E-state index in [4.69, 9.17) is 14.2 Å². The molecule has 0 aliphatic heterocycles. The number of hydrogen-bond donors (Lipinski definition) is 2. The van der Waals surface area contributed by atoms with Crippen molar-refractivity contribution in [2.45, 2.75) is 32.5 Å². The zero-order chi connectivity index (χ0) is 30.9. The lowest BCUT2D eigenvalue weighted by atomic mass is 10.1. The van der Waals surface area contributed by atoms with Crippen LogP contribution in [0.15, 0.2) is 65.8 Å². The summed E-state index contributed by atoms with van der Waals surface area (Å²) in [5, 5.41) is 14.8. The standard InChI is InChI=1S/C31H33N5O6S/c1-6-42-30(39)21-9-11-23(12-10-21)33-28(37)18-43-31-35-34-27(17-32-29(38)22-8-7-19(2)20(3)15-22)36(31)25-16-24(40-4)13-14-26(25)41-5/h7-16H,6,17-18H2,1-5H3,(H,32,38)(H,33,37). The average Bonchev–Trinajstić information content (AvgIpc) is 3.42. The lowest BCUT2D eigenvalue weighted by Crippen LogP contribution is -2.25. The molecular weight excluding hydrogens is 570 g/mol. The summed E-state index contributed by atoms with van der Waals surface area (Å²) in [6.45, 7) is 6.03. The van der Waals surface area contributed by atoms with Crippen molar-refractivity contribution < 1.29 is 28.6 Å². The van der Waals surface area contributed by atoms with Crippen molar-refractivity contribution in [3.63, 3.8) is 0 Å². The number of amides is 2. The number of benzene rings is 3. The summed E-state index contributed by atoms with van der Waals surface area (Å²) in [4.78, 5) is 37.7. The van der Waals surface area contributed by atoms with E-state index in [0.29, 0.717) is 45.0 Å². The Bertz CT molecular complexity index is 1620. The second-order valence-corrected chi connectivity index (χ2v) is 10.3. The van der Waals surface area contributed by atoms with Gasteiger partial charge in [-0.2, -0.15) is 0 Å². The molecule has 2 amide bonds. The molecule has 224 valence electrons. The first-order chi connectivity index (χ1) is 20.7. The van der Waals surface area contributed by atoms with Crippen LogP contribution in [-0.2, 0) is 16.1 Å². The molecule has 4 rings (SSSR count). The monoisotopic (exact) mass is 603 g/mol. The fourth-order valence-corrected chi connectivity index (χ4v) is 4.86. The highest BCUT2D eigenvalue weighted by molar-refractivity contribution is 7.99. The minimum atomic E-state index is -0.427. The van der Waals surface area contributed by atoms with Crippen LogP contribution in [0.2, 0.25) is 0 Å². The average molecular weight is 604 g/mol. The van der Waals surface area contributed by atoms with Crippen LogP contribution in [0, 0.1) is 13.8 Å². The first-order valence-corrected chi connectivity index (χ1v) is 14.4. The van der Waals surface area contributed by atoms with Crippen molar-refractivity contribution in [1.29, 1.82) is 0 Å². The molecule has 4 aromatic rings. The lowest BCUT2D eigenvalue weighted by Gasteiger charge is -2.15. The molecule has 1 heterocycles. The van der Waals surface area contributed by atoms with Gasteiger partial charge in [0.2, 0.25) is 5.91 Å². The van der Waals surface area contributed by atoms with E-state index in [1.54, 1.807) is 74.2 Å². The van der Waals surface area contributed by atoms with E-state index in [2.05, 4.69) is 20.8 Å². The summed E-state index contributed by atoms with van der Waals surface area (Å²) in [5.41, 5.74) is 4.16. The third-order valence-corrected chi connectivity index (χ3v) is 7.44. The van der Waals surface area contributed by atoms with Gasteiger partial charge in [-0.05, 0) is 80.4 Å². The molecule has 43 heavy (non-hydrogen) atoms. The molecule has 0 aliphatic carbocycles. The SMILES string of the molecule is CCOC(=O)c1ccc(NC(=O)CSc2nnc(CNC(=O)c3ccc(C)c(C)c3)n2-c2cc(OC)ccc2OC)cc1. The number of nitrogens with zero attached hydrogens (tertiary/aromatic N) is 3. The summed E-state index contributed by atoms with van der Waals surface area (Å²) in [7, 11) is 3.10. The summed E-state index contributed by atoms with van der Waals surface area (Å²) in [6.07, 6.45) is 0. The molecule has 0 saturated carbocycles. The molecule has 0 unspecified atom stereocenters. The molecule has 0 aliphatic rings. The predicted molar refractivity (Wildman–Crippen MR) is 163 cm³/mol. The Morgan fingerprint density at radius 2 is 1.63 bits per heavy atom. The zero-order valence-electron chi connectivity index (χ0n) is 24.6. The topological polar surface area (TPSA) is 134 Å². The van der Waals surface area contributed by atoms with Gasteiger partial charge in [0, 0.05) is 17.3 Å². The molecule has 11 nitrogen and oxygen atoms in total. The summed E-state index contributed by atoms with van der Waals surface area (Å²) in [5.74, 6) is 0.581. The molecule has 0 fully saturated rings. The summed E-state index contributed by atoms with van der Waals surface area (Å²) < 4.78 is 17.8. The third-order valence-electron chi connectivity index (χ3n) is 6.52. The van der Waals surface area contributed by atoms with Crippen molar-refractivity contribution >= 4 is 35.2 Å². The Hall–Kier alpha value is -4.84. The van der Waals surface area contributed by atoms with Crippen molar-refractivity contribution in [2.75, 3.05) is 31.9 Å². The normalized spacial score (nSPS) is 10.6. The minimum Gasteiger partial charge on any atom is -0.497 e. The number of anilines is 1. The summed E-state index contributed by atoms with van der Waals surface area (Å²) >= 11 is 1.17. The number of methoxy groups -OCH3 is 2. The highest BCUT2D eigenvalue weighted by Crippen LogP contribution is 2.32. The van der Waals surface area contributed by atoms with Gasteiger partial charge in [0.05, 0.1) is 44.4 Å². The van der Waals surface area contributed by atoms with E-state index in [0.717, 1.165) is 11.1 Å². The van der Waals surface area contributed by atoms with Gasteiger partial charge in [-0.1, -0.05) is 17.8 Å². The lowest BCUT2D eigenvalue weighted by molar-refractivity contribution is -0.113. The quantitative estimate of drug-likeness (QED) is 0.174. The van der Waals surface area contributed by atoms with Gasteiger partial charge in [0.15, 0.2) is 11.0 Å². The maximum atomic E-state index is 12.9. The Balaban J connectivity index is 1.54. The second kappa shape index (κ2) is 14.4. The number of carbonyl (C=O) groups is 3. The fourth-order valence-electron chi connectivity index (χ4n) is 4.10. The molecular formula is C31H33N5O6S. The van der Waals surface area contributed by atoms with Crippen LogP contribution < -0.4 is 20.1 Å². The van der Waals surface area contributed by atoms with Gasteiger partial charge in [-0.15, -0.1) is 10.2 Å². The molecule has 0 bridgehead atoms. The number of nitrogens with one attached hydrogen (secondary N) is 2.